The summed E-state index contributed by atoms with van der Waals surface area (Å²) in [6.07, 6.45) is 0. The molecule has 0 radical (unpaired) electrons. The van der Waals surface area contributed by atoms with Crippen LogP contribution >= 0.6 is 11.3 Å². The second-order valence-corrected chi connectivity index (χ2v) is 6.37. The fraction of sp³-hybridized carbons (Fsp3) is 0.222. The third-order valence-corrected chi connectivity index (χ3v) is 4.85. The summed E-state index contributed by atoms with van der Waals surface area (Å²) in [6.45, 7) is 4.97. The van der Waals surface area contributed by atoms with E-state index in [-0.39, 0.29) is 11.3 Å². The maximum Gasteiger partial charge on any atom is 0.286 e. The van der Waals surface area contributed by atoms with Crippen molar-refractivity contribution in [1.29, 1.82) is 0 Å². The number of thiazole rings is 1. The first-order valence-electron chi connectivity index (χ1n) is 8.14. The number of carbonyl (C=O) groups is 1. The van der Waals surface area contributed by atoms with E-state index in [0.29, 0.717) is 18.0 Å². The number of rotatable bonds is 5. The molecule has 1 heterocycles. The molecule has 0 aliphatic heterocycles. The molecule has 0 bridgehead atoms. The molecular weight excluding hydrogens is 354 g/mol. The summed E-state index contributed by atoms with van der Waals surface area (Å²) >= 11 is 1.35. The number of fused-ring (bicyclic) bond motifs is 1. The Bertz CT molecular complexity index is 1050. The Labute approximate surface area is 153 Å². The number of ether oxygens (including phenoxy) is 1. The van der Waals surface area contributed by atoms with Crippen LogP contribution in [0.1, 0.15) is 24.2 Å². The lowest BCUT2D eigenvalue weighted by Crippen LogP contribution is -2.16. The molecule has 26 heavy (non-hydrogen) atoms. The Morgan fingerprint density at radius 1 is 1.23 bits per heavy atom. The van der Waals surface area contributed by atoms with E-state index in [1.807, 2.05) is 36.6 Å². The smallest absolute Gasteiger partial charge is 0.286 e. The van der Waals surface area contributed by atoms with E-state index >= 15 is 0 Å². The van der Waals surface area contributed by atoms with E-state index in [9.17, 15) is 14.9 Å². The van der Waals surface area contributed by atoms with Gasteiger partial charge in [-0.1, -0.05) is 29.5 Å². The zero-order valence-corrected chi connectivity index (χ0v) is 15.2. The predicted molar refractivity (Wildman–Crippen MR) is 99.6 cm³/mol. The highest BCUT2D eigenvalue weighted by Gasteiger charge is 2.19. The zero-order chi connectivity index (χ0) is 18.7. The monoisotopic (exact) mass is 371 g/mol. The van der Waals surface area contributed by atoms with Crippen molar-refractivity contribution in [1.82, 2.24) is 4.57 Å². The molecule has 0 saturated carbocycles. The highest BCUT2D eigenvalue weighted by Crippen LogP contribution is 2.27. The average molecular weight is 371 g/mol. The zero-order valence-electron chi connectivity index (χ0n) is 14.3. The molecule has 2 aromatic carbocycles. The Balaban J connectivity index is 2.18. The van der Waals surface area contributed by atoms with Crippen molar-refractivity contribution in [2.75, 3.05) is 6.61 Å². The molecule has 0 fully saturated rings. The van der Waals surface area contributed by atoms with Crippen molar-refractivity contribution >= 4 is 33.1 Å². The number of nitrogens with zero attached hydrogens (tertiary/aromatic N) is 3. The summed E-state index contributed by atoms with van der Waals surface area (Å²) in [5, 5.41) is 11.2. The van der Waals surface area contributed by atoms with Gasteiger partial charge in [-0.05, 0) is 32.0 Å². The number of carbonyl (C=O) groups excluding carboxylic acids is 1. The Hall–Kier alpha value is -3.00. The highest BCUT2D eigenvalue weighted by atomic mass is 32.1. The van der Waals surface area contributed by atoms with Crippen LogP contribution in [0.5, 0.6) is 5.75 Å². The number of hydrogen-bond donors (Lipinski definition) is 0. The largest absolute Gasteiger partial charge is 0.492 e. The van der Waals surface area contributed by atoms with Crippen LogP contribution < -0.4 is 9.54 Å². The van der Waals surface area contributed by atoms with Crippen LogP contribution in [0.4, 0.5) is 5.69 Å². The minimum absolute atomic E-state index is 0.0253. The van der Waals surface area contributed by atoms with Gasteiger partial charge in [0.2, 0.25) is 0 Å². The first-order chi connectivity index (χ1) is 12.6. The first-order valence-corrected chi connectivity index (χ1v) is 8.96. The molecule has 3 rings (SSSR count). The van der Waals surface area contributed by atoms with Gasteiger partial charge in [-0.2, -0.15) is 4.99 Å². The van der Waals surface area contributed by atoms with Crippen molar-refractivity contribution in [2.45, 2.75) is 20.4 Å². The summed E-state index contributed by atoms with van der Waals surface area (Å²) < 4.78 is 8.51. The molecule has 1 aromatic heterocycles. The van der Waals surface area contributed by atoms with Gasteiger partial charge in [0.15, 0.2) is 4.80 Å². The van der Waals surface area contributed by atoms with E-state index in [1.54, 1.807) is 6.07 Å². The van der Waals surface area contributed by atoms with Crippen molar-refractivity contribution in [3.63, 3.8) is 0 Å². The predicted octanol–water partition coefficient (Wildman–Crippen LogP) is 3.77. The van der Waals surface area contributed by atoms with Gasteiger partial charge in [-0.15, -0.1) is 0 Å². The molecule has 8 heteroatoms. The third kappa shape index (κ3) is 3.23. The number of amides is 1. The lowest BCUT2D eigenvalue weighted by atomic mass is 10.2. The van der Waals surface area contributed by atoms with Gasteiger partial charge in [0.05, 0.1) is 16.2 Å². The van der Waals surface area contributed by atoms with Crippen LogP contribution in [0.3, 0.4) is 0 Å². The molecule has 3 aromatic rings. The van der Waals surface area contributed by atoms with Crippen LogP contribution in [-0.2, 0) is 6.54 Å². The van der Waals surface area contributed by atoms with Gasteiger partial charge < -0.3 is 9.30 Å². The minimum atomic E-state index is -0.635. The second-order valence-electron chi connectivity index (χ2n) is 5.36. The fourth-order valence-electron chi connectivity index (χ4n) is 2.71. The number of benzene rings is 2. The number of aromatic nitrogens is 1. The van der Waals surface area contributed by atoms with Gasteiger partial charge in [-0.25, -0.2) is 0 Å². The third-order valence-electron chi connectivity index (χ3n) is 3.81. The van der Waals surface area contributed by atoms with E-state index in [0.717, 1.165) is 16.0 Å². The van der Waals surface area contributed by atoms with Gasteiger partial charge in [0.25, 0.3) is 11.6 Å². The Kier molecular flexibility index (Phi) is 5.13. The highest BCUT2D eigenvalue weighted by molar-refractivity contribution is 7.16. The van der Waals surface area contributed by atoms with Crippen LogP contribution in [-0.4, -0.2) is 22.0 Å². The van der Waals surface area contributed by atoms with Crippen molar-refractivity contribution < 1.29 is 14.5 Å². The van der Waals surface area contributed by atoms with Crippen LogP contribution in [0.25, 0.3) is 10.2 Å². The van der Waals surface area contributed by atoms with E-state index in [2.05, 4.69) is 4.99 Å². The lowest BCUT2D eigenvalue weighted by molar-refractivity contribution is -0.385. The minimum Gasteiger partial charge on any atom is -0.492 e. The summed E-state index contributed by atoms with van der Waals surface area (Å²) in [7, 11) is 0. The number of hydrogen-bond acceptors (Lipinski definition) is 5. The molecule has 0 atom stereocenters. The molecule has 0 saturated heterocycles. The average Bonchev–Trinajstić information content (AvgIpc) is 2.99. The molecule has 7 nitrogen and oxygen atoms in total. The molecule has 0 unspecified atom stereocenters. The number of para-hydroxylation sites is 2. The summed E-state index contributed by atoms with van der Waals surface area (Å²) in [5.41, 5.74) is 0.596. The van der Waals surface area contributed by atoms with Crippen molar-refractivity contribution in [3.05, 3.63) is 62.9 Å². The Morgan fingerprint density at radius 3 is 2.69 bits per heavy atom. The number of aryl methyl sites for hydroxylation is 1. The second kappa shape index (κ2) is 7.49. The van der Waals surface area contributed by atoms with Gasteiger partial charge in [-0.3, -0.25) is 14.9 Å². The Morgan fingerprint density at radius 2 is 2.00 bits per heavy atom. The van der Waals surface area contributed by atoms with Gasteiger partial charge in [0.1, 0.15) is 16.8 Å². The summed E-state index contributed by atoms with van der Waals surface area (Å²) in [6, 6.07) is 11.5. The summed E-state index contributed by atoms with van der Waals surface area (Å²) in [4.78, 5) is 27.8. The SMILES string of the molecule is CCOc1cccc2sc(=NC(=O)c3ccccc3[N+](=O)[O-])n(CC)c12. The van der Waals surface area contributed by atoms with Crippen molar-refractivity contribution in [3.8, 4) is 5.75 Å². The molecule has 0 aliphatic carbocycles. The fourth-order valence-corrected chi connectivity index (χ4v) is 3.82. The van der Waals surface area contributed by atoms with Gasteiger partial charge >= 0.3 is 0 Å². The standard InChI is InChI=1S/C18H17N3O4S/c1-3-20-16-14(25-4-2)10-7-11-15(16)26-18(20)19-17(22)12-8-5-6-9-13(12)21(23)24/h5-11H,3-4H2,1-2H3. The topological polar surface area (TPSA) is 86.7 Å². The number of nitro benzene ring substituents is 1. The van der Waals surface area contributed by atoms with Gasteiger partial charge in [0, 0.05) is 12.6 Å². The van der Waals surface area contributed by atoms with Crippen LogP contribution in [0.15, 0.2) is 47.5 Å². The molecule has 0 aliphatic rings. The van der Waals surface area contributed by atoms with Crippen LogP contribution in [0.2, 0.25) is 0 Å². The van der Waals surface area contributed by atoms with E-state index in [4.69, 9.17) is 4.74 Å². The first kappa shape index (κ1) is 17.8. The molecule has 0 spiro atoms. The van der Waals surface area contributed by atoms with Crippen LogP contribution in [0, 0.1) is 10.1 Å². The quantitative estimate of drug-likeness (QED) is 0.504. The van der Waals surface area contributed by atoms with E-state index < -0.39 is 10.8 Å². The molecule has 134 valence electrons. The maximum absolute atomic E-state index is 12.6. The number of nitro groups is 1. The van der Waals surface area contributed by atoms with Crippen molar-refractivity contribution in [2.24, 2.45) is 4.99 Å². The van der Waals surface area contributed by atoms with E-state index in [1.165, 1.54) is 29.5 Å². The summed E-state index contributed by atoms with van der Waals surface area (Å²) in [5.74, 6) is 0.0895. The maximum atomic E-state index is 12.6. The normalized spacial score (nSPS) is 11.7. The lowest BCUT2D eigenvalue weighted by Gasteiger charge is -2.07. The molecule has 1 amide bonds. The molecule has 0 N–H and O–H groups in total. The molecular formula is C18H17N3O4S.